The number of pyridine rings is 1. The van der Waals surface area contributed by atoms with Crippen molar-refractivity contribution in [2.75, 3.05) is 7.11 Å². The summed E-state index contributed by atoms with van der Waals surface area (Å²) in [6, 6.07) is 15.4. The van der Waals surface area contributed by atoms with Crippen LogP contribution in [-0.4, -0.2) is 25.1 Å². The van der Waals surface area contributed by atoms with E-state index in [1.165, 1.54) is 19.2 Å². The molecule has 0 atom stereocenters. The molecule has 3 aromatic carbocycles. The Hall–Kier alpha value is -4.29. The number of ether oxygens (including phenoxy) is 1. The fraction of sp³-hybridized carbons (Fsp3) is 0.179. The van der Waals surface area contributed by atoms with Crippen LogP contribution in [0.2, 0.25) is 0 Å². The molecule has 186 valence electrons. The van der Waals surface area contributed by atoms with Crippen molar-refractivity contribution in [1.82, 2.24) is 9.55 Å². The second-order valence-corrected chi connectivity index (χ2v) is 10.1. The van der Waals surface area contributed by atoms with Gasteiger partial charge in [0.15, 0.2) is 5.43 Å². The average Bonchev–Trinajstić information content (AvgIpc) is 3.22. The van der Waals surface area contributed by atoms with E-state index in [0.29, 0.717) is 38.7 Å². The van der Waals surface area contributed by atoms with Gasteiger partial charge in [-0.2, -0.15) is 8.42 Å². The highest BCUT2D eigenvalue weighted by Crippen LogP contribution is 2.41. The molecule has 0 unspecified atom stereocenters. The number of halogens is 1. The summed E-state index contributed by atoms with van der Waals surface area (Å²) in [7, 11) is -3.69. The molecule has 0 bridgehead atoms. The maximum absolute atomic E-state index is 13.9. The fourth-order valence-electron chi connectivity index (χ4n) is 5.14. The van der Waals surface area contributed by atoms with Crippen molar-refractivity contribution in [3.05, 3.63) is 70.4 Å². The summed E-state index contributed by atoms with van der Waals surface area (Å²) in [6.07, 6.45) is 8.62. The number of hydrogen-bond acceptors (Lipinski definition) is 5. The monoisotopic (exact) mass is 516 g/mol. The lowest BCUT2D eigenvalue weighted by molar-refractivity contribution is 0.327. The van der Waals surface area contributed by atoms with E-state index in [-0.39, 0.29) is 17.2 Å². The van der Waals surface area contributed by atoms with E-state index in [1.807, 2.05) is 24.3 Å². The van der Waals surface area contributed by atoms with Crippen LogP contribution < -0.4 is 14.3 Å². The lowest BCUT2D eigenvalue weighted by atomic mass is 9.91. The van der Waals surface area contributed by atoms with Gasteiger partial charge in [0, 0.05) is 28.1 Å². The summed E-state index contributed by atoms with van der Waals surface area (Å²) in [4.78, 5) is 17.3. The Bertz CT molecular complexity index is 1950. The van der Waals surface area contributed by atoms with Crippen molar-refractivity contribution >= 4 is 43.3 Å². The van der Waals surface area contributed by atoms with Crippen molar-refractivity contribution < 1.29 is 21.2 Å². The lowest BCUT2D eigenvalue weighted by Gasteiger charge is -2.31. The molecule has 1 fully saturated rings. The van der Waals surface area contributed by atoms with Crippen molar-refractivity contribution in [1.29, 1.82) is 0 Å². The molecule has 1 N–H and O–H groups in total. The molecular weight excluding hydrogens is 495 g/mol. The Morgan fingerprint density at radius 3 is 2.59 bits per heavy atom. The van der Waals surface area contributed by atoms with Crippen LogP contribution in [0.3, 0.4) is 0 Å². The number of hydrogen-bond donors (Lipinski definition) is 1. The quantitative estimate of drug-likeness (QED) is 0.242. The maximum Gasteiger partial charge on any atom is 0.488 e. The number of rotatable bonds is 5. The van der Waals surface area contributed by atoms with Gasteiger partial charge in [-0.3, -0.25) is 4.79 Å². The summed E-state index contributed by atoms with van der Waals surface area (Å²) in [5, 5.41) is 1.89. The Labute approximate surface area is 211 Å². The van der Waals surface area contributed by atoms with Gasteiger partial charge in [0.2, 0.25) is 0 Å². The first-order chi connectivity index (χ1) is 17.8. The summed E-state index contributed by atoms with van der Waals surface area (Å²) in [5.74, 6) is 2.88. The van der Waals surface area contributed by atoms with E-state index < -0.39 is 10.5 Å². The molecule has 2 heterocycles. The third kappa shape index (κ3) is 3.81. The van der Waals surface area contributed by atoms with E-state index in [2.05, 4.69) is 19.7 Å². The van der Waals surface area contributed by atoms with Crippen molar-refractivity contribution in [2.45, 2.75) is 25.3 Å². The SMILES string of the molecule is C#Cc1ccc2c(c1)[nH]c1c2c(=O)c2cc(OC)c(-c3cccc(OS(=O)(=O)F)c3)cc2n1C1CCC1. The molecule has 0 aliphatic heterocycles. The molecule has 0 amide bonds. The standard InChI is InChI=1S/C28H21FN2O5S/c1-3-16-10-11-20-23(12-16)30-28-26(20)27(32)22-15-25(35-2)21(14-24(22)31(28)18-7-5-8-18)17-6-4-9-19(13-17)36-37(29,33)34/h1,4,6,9-15,18,30H,5,7-8H2,2H3. The van der Waals surface area contributed by atoms with Crippen LogP contribution in [0.25, 0.3) is 44.0 Å². The van der Waals surface area contributed by atoms with E-state index >= 15 is 0 Å². The molecule has 0 spiro atoms. The highest BCUT2D eigenvalue weighted by Gasteiger charge is 2.26. The number of nitrogens with one attached hydrogen (secondary N) is 1. The Morgan fingerprint density at radius 1 is 1.11 bits per heavy atom. The van der Waals surface area contributed by atoms with E-state index in [1.54, 1.807) is 18.2 Å². The maximum atomic E-state index is 13.9. The Kier molecular flexibility index (Phi) is 5.24. The van der Waals surface area contributed by atoms with Gasteiger partial charge in [0.25, 0.3) is 0 Å². The first kappa shape index (κ1) is 23.1. The molecule has 6 rings (SSSR count). The van der Waals surface area contributed by atoms with E-state index in [0.717, 1.165) is 35.8 Å². The number of methoxy groups -OCH3 is 1. The first-order valence-electron chi connectivity index (χ1n) is 11.7. The topological polar surface area (TPSA) is 90.4 Å². The molecule has 2 aromatic heterocycles. The lowest BCUT2D eigenvalue weighted by Crippen LogP contribution is -2.21. The van der Waals surface area contributed by atoms with Gasteiger partial charge in [-0.05, 0) is 61.2 Å². The molecule has 1 aliphatic carbocycles. The highest BCUT2D eigenvalue weighted by molar-refractivity contribution is 7.81. The van der Waals surface area contributed by atoms with Crippen molar-refractivity contribution in [3.63, 3.8) is 0 Å². The van der Waals surface area contributed by atoms with Crippen LogP contribution in [0, 0.1) is 12.3 Å². The van der Waals surface area contributed by atoms with Gasteiger partial charge in [-0.1, -0.05) is 28.0 Å². The Morgan fingerprint density at radius 2 is 1.92 bits per heavy atom. The third-order valence-corrected chi connectivity index (χ3v) is 7.41. The minimum atomic E-state index is -5.18. The summed E-state index contributed by atoms with van der Waals surface area (Å²) >= 11 is 0. The first-order valence-corrected chi connectivity index (χ1v) is 13.0. The molecule has 1 saturated carbocycles. The van der Waals surface area contributed by atoms with Crippen LogP contribution in [-0.2, 0) is 10.5 Å². The number of benzene rings is 3. The van der Waals surface area contributed by atoms with Crippen LogP contribution in [0.1, 0.15) is 30.9 Å². The number of nitrogens with zero attached hydrogens (tertiary/aromatic N) is 1. The number of aromatic amines is 1. The van der Waals surface area contributed by atoms with Gasteiger partial charge in [-0.25, -0.2) is 0 Å². The molecule has 0 saturated heterocycles. The smallest absolute Gasteiger partial charge is 0.488 e. The van der Waals surface area contributed by atoms with Gasteiger partial charge < -0.3 is 18.5 Å². The second kappa shape index (κ2) is 8.39. The van der Waals surface area contributed by atoms with Crippen LogP contribution in [0.5, 0.6) is 11.5 Å². The predicted molar refractivity (Wildman–Crippen MR) is 141 cm³/mol. The summed E-state index contributed by atoms with van der Waals surface area (Å²) in [6.45, 7) is 0. The highest BCUT2D eigenvalue weighted by atomic mass is 32.3. The summed E-state index contributed by atoms with van der Waals surface area (Å²) in [5.41, 5.74) is 3.96. The van der Waals surface area contributed by atoms with Crippen LogP contribution in [0.4, 0.5) is 3.89 Å². The van der Waals surface area contributed by atoms with Gasteiger partial charge in [0.1, 0.15) is 17.1 Å². The van der Waals surface area contributed by atoms with Gasteiger partial charge >= 0.3 is 10.5 Å². The van der Waals surface area contributed by atoms with Gasteiger partial charge in [0.05, 0.1) is 23.4 Å². The zero-order valence-electron chi connectivity index (χ0n) is 19.7. The summed E-state index contributed by atoms with van der Waals surface area (Å²) < 4.78 is 47.4. The van der Waals surface area contributed by atoms with Crippen LogP contribution >= 0.6 is 0 Å². The van der Waals surface area contributed by atoms with Crippen molar-refractivity contribution in [3.8, 4) is 35.0 Å². The number of aromatic nitrogens is 2. The molecule has 7 nitrogen and oxygen atoms in total. The number of H-pyrrole nitrogens is 1. The molecule has 9 heteroatoms. The number of terminal acetylenes is 1. The average molecular weight is 517 g/mol. The van der Waals surface area contributed by atoms with Crippen LogP contribution in [0.15, 0.2) is 59.4 Å². The van der Waals surface area contributed by atoms with Gasteiger partial charge in [-0.15, -0.1) is 6.42 Å². The Balaban J connectivity index is 1.68. The van der Waals surface area contributed by atoms with E-state index in [4.69, 9.17) is 11.2 Å². The predicted octanol–water partition coefficient (Wildman–Crippen LogP) is 5.61. The largest absolute Gasteiger partial charge is 0.496 e. The minimum absolute atomic E-state index is 0.134. The molecular formula is C28H21FN2O5S. The van der Waals surface area contributed by atoms with Crippen molar-refractivity contribution in [2.24, 2.45) is 0 Å². The normalized spacial score (nSPS) is 14.1. The molecule has 37 heavy (non-hydrogen) atoms. The second-order valence-electron chi connectivity index (χ2n) is 9.11. The zero-order valence-corrected chi connectivity index (χ0v) is 20.6. The molecule has 1 aliphatic rings. The minimum Gasteiger partial charge on any atom is -0.496 e. The third-order valence-electron chi connectivity index (χ3n) is 7.02. The fourth-order valence-corrected chi connectivity index (χ4v) is 5.47. The van der Waals surface area contributed by atoms with E-state index in [9.17, 15) is 17.1 Å². The molecule has 0 radical (unpaired) electrons. The number of fused-ring (bicyclic) bond motifs is 4. The molecule has 5 aromatic rings. The zero-order chi connectivity index (χ0) is 25.9.